The molecular weight excluding hydrogens is 228 g/mol. The molecule has 1 atom stereocenters. The molecule has 0 amide bonds. The molecule has 94 valence electrons. The van der Waals surface area contributed by atoms with Crippen molar-refractivity contribution in [3.63, 3.8) is 0 Å². The Bertz CT molecular complexity index is 520. The van der Waals surface area contributed by atoms with Crippen molar-refractivity contribution in [2.45, 2.75) is 26.4 Å². The molecule has 0 aliphatic heterocycles. The van der Waals surface area contributed by atoms with E-state index in [0.717, 1.165) is 12.2 Å². The summed E-state index contributed by atoms with van der Waals surface area (Å²) in [4.78, 5) is 15.8. The van der Waals surface area contributed by atoms with E-state index in [4.69, 9.17) is 4.74 Å². The first kappa shape index (κ1) is 12.4. The minimum Gasteiger partial charge on any atom is -0.481 e. The molecule has 0 N–H and O–H groups in total. The Morgan fingerprint density at radius 2 is 2.33 bits per heavy atom. The summed E-state index contributed by atoms with van der Waals surface area (Å²) in [5, 5.41) is 0. The van der Waals surface area contributed by atoms with E-state index in [-0.39, 0.29) is 5.91 Å². The summed E-state index contributed by atoms with van der Waals surface area (Å²) in [5.41, 5.74) is 1.19. The molecule has 1 heterocycles. The van der Waals surface area contributed by atoms with Gasteiger partial charge in [-0.05, 0) is 31.0 Å². The molecule has 0 radical (unpaired) electrons. The fourth-order valence-electron chi connectivity index (χ4n) is 1.69. The van der Waals surface area contributed by atoms with Gasteiger partial charge in [0.25, 0.3) is 5.91 Å². The van der Waals surface area contributed by atoms with Crippen LogP contribution < -0.4 is 4.74 Å². The average molecular weight is 244 g/mol. The van der Waals surface area contributed by atoms with Gasteiger partial charge in [-0.3, -0.25) is 9.36 Å². The summed E-state index contributed by atoms with van der Waals surface area (Å²) in [5.74, 6) is 0.588. The molecule has 0 bridgehead atoms. The topological polar surface area (TPSA) is 44.1 Å². The second-order valence-electron chi connectivity index (χ2n) is 4.07. The lowest BCUT2D eigenvalue weighted by atomic mass is 10.2. The van der Waals surface area contributed by atoms with Crippen molar-refractivity contribution in [3.05, 3.63) is 48.5 Å². The lowest BCUT2D eigenvalue weighted by molar-refractivity contribution is 0.0727. The van der Waals surface area contributed by atoms with Gasteiger partial charge in [0.2, 0.25) is 0 Å². The highest BCUT2D eigenvalue weighted by Crippen LogP contribution is 2.15. The lowest BCUT2D eigenvalue weighted by Crippen LogP contribution is -2.28. The van der Waals surface area contributed by atoms with Crippen LogP contribution in [0.2, 0.25) is 0 Å². The van der Waals surface area contributed by atoms with Crippen molar-refractivity contribution in [2.75, 3.05) is 0 Å². The van der Waals surface area contributed by atoms with Gasteiger partial charge in [0.05, 0.1) is 0 Å². The zero-order valence-electron chi connectivity index (χ0n) is 10.5. The molecule has 4 nitrogen and oxygen atoms in total. The number of ether oxygens (including phenoxy) is 1. The van der Waals surface area contributed by atoms with Gasteiger partial charge in [-0.1, -0.05) is 19.1 Å². The van der Waals surface area contributed by atoms with Gasteiger partial charge in [-0.2, -0.15) is 0 Å². The normalized spacial score (nSPS) is 12.1. The third kappa shape index (κ3) is 2.77. The van der Waals surface area contributed by atoms with Crippen LogP contribution in [0.3, 0.4) is 0 Å². The third-order valence-electron chi connectivity index (χ3n) is 2.73. The Morgan fingerprint density at radius 1 is 1.50 bits per heavy atom. The van der Waals surface area contributed by atoms with Gasteiger partial charge in [0.1, 0.15) is 12.1 Å². The maximum absolute atomic E-state index is 12.0. The van der Waals surface area contributed by atoms with Crippen LogP contribution in [-0.4, -0.2) is 21.6 Å². The number of hydrogen-bond acceptors (Lipinski definition) is 3. The fraction of sp³-hybridized carbons (Fsp3) is 0.286. The highest BCUT2D eigenvalue weighted by molar-refractivity contribution is 5.83. The molecule has 2 rings (SSSR count). The van der Waals surface area contributed by atoms with Gasteiger partial charge in [0, 0.05) is 12.4 Å². The summed E-state index contributed by atoms with van der Waals surface area (Å²) in [7, 11) is 0. The second-order valence-corrected chi connectivity index (χ2v) is 4.07. The number of aromatic nitrogens is 2. The van der Waals surface area contributed by atoms with E-state index in [9.17, 15) is 4.79 Å². The van der Waals surface area contributed by atoms with Gasteiger partial charge in [-0.15, -0.1) is 0 Å². The van der Waals surface area contributed by atoms with Crippen molar-refractivity contribution >= 4 is 5.91 Å². The van der Waals surface area contributed by atoms with Crippen molar-refractivity contribution in [2.24, 2.45) is 0 Å². The van der Waals surface area contributed by atoms with Gasteiger partial charge in [-0.25, -0.2) is 4.98 Å². The SMILES string of the molecule is CCc1cccc(OC(C)C(=O)n2ccnc2)c1. The molecular formula is C14H16N2O2. The van der Waals surface area contributed by atoms with Gasteiger partial charge in [0.15, 0.2) is 6.10 Å². The third-order valence-corrected chi connectivity index (χ3v) is 2.73. The molecule has 0 aliphatic rings. The fourth-order valence-corrected chi connectivity index (χ4v) is 1.69. The Morgan fingerprint density at radius 3 is 3.00 bits per heavy atom. The van der Waals surface area contributed by atoms with Crippen LogP contribution in [0.15, 0.2) is 43.0 Å². The monoisotopic (exact) mass is 244 g/mol. The predicted octanol–water partition coefficient (Wildman–Crippen LogP) is 2.55. The van der Waals surface area contributed by atoms with Crippen LogP contribution in [0.5, 0.6) is 5.75 Å². The molecule has 1 unspecified atom stereocenters. The zero-order valence-corrected chi connectivity index (χ0v) is 10.5. The molecule has 1 aromatic heterocycles. The summed E-state index contributed by atoms with van der Waals surface area (Å²) < 4.78 is 7.07. The smallest absolute Gasteiger partial charge is 0.272 e. The summed E-state index contributed by atoms with van der Waals surface area (Å²) in [6.45, 7) is 3.82. The molecule has 4 heteroatoms. The van der Waals surface area contributed by atoms with Crippen molar-refractivity contribution in [3.8, 4) is 5.75 Å². The second kappa shape index (κ2) is 5.49. The van der Waals surface area contributed by atoms with Crippen LogP contribution in [0.4, 0.5) is 0 Å². The van der Waals surface area contributed by atoms with E-state index in [1.807, 2.05) is 24.3 Å². The average Bonchev–Trinajstić information content (AvgIpc) is 2.92. The van der Waals surface area contributed by atoms with E-state index in [0.29, 0.717) is 0 Å². The van der Waals surface area contributed by atoms with E-state index in [2.05, 4.69) is 11.9 Å². The van der Waals surface area contributed by atoms with Crippen LogP contribution in [0.25, 0.3) is 0 Å². The largest absolute Gasteiger partial charge is 0.481 e. The number of carbonyl (C=O) groups is 1. The number of nitrogens with zero attached hydrogens (tertiary/aromatic N) is 2. The maximum Gasteiger partial charge on any atom is 0.272 e. The summed E-state index contributed by atoms with van der Waals surface area (Å²) in [6, 6.07) is 7.78. The number of benzene rings is 1. The van der Waals surface area contributed by atoms with Crippen LogP contribution >= 0.6 is 0 Å². The molecule has 0 saturated heterocycles. The van der Waals surface area contributed by atoms with Crippen molar-refractivity contribution in [1.82, 2.24) is 9.55 Å². The lowest BCUT2D eigenvalue weighted by Gasteiger charge is -2.14. The maximum atomic E-state index is 12.0. The van der Waals surface area contributed by atoms with E-state index in [1.54, 1.807) is 19.3 Å². The molecule has 1 aromatic carbocycles. The zero-order chi connectivity index (χ0) is 13.0. The Labute approximate surface area is 106 Å². The minimum atomic E-state index is -0.536. The van der Waals surface area contributed by atoms with Crippen molar-refractivity contribution in [1.29, 1.82) is 0 Å². The summed E-state index contributed by atoms with van der Waals surface area (Å²) in [6.07, 6.45) is 5.07. The number of carbonyl (C=O) groups excluding carboxylic acids is 1. The molecule has 18 heavy (non-hydrogen) atoms. The molecule has 0 spiro atoms. The van der Waals surface area contributed by atoms with Crippen LogP contribution in [0.1, 0.15) is 24.2 Å². The first-order chi connectivity index (χ1) is 8.70. The highest BCUT2D eigenvalue weighted by atomic mass is 16.5. The van der Waals surface area contributed by atoms with Crippen LogP contribution in [0, 0.1) is 0 Å². The summed E-state index contributed by atoms with van der Waals surface area (Å²) >= 11 is 0. The number of hydrogen-bond donors (Lipinski definition) is 0. The minimum absolute atomic E-state index is 0.130. The Kier molecular flexibility index (Phi) is 3.77. The molecule has 0 fully saturated rings. The quantitative estimate of drug-likeness (QED) is 0.830. The molecule has 2 aromatic rings. The first-order valence-corrected chi connectivity index (χ1v) is 5.98. The molecule has 0 saturated carbocycles. The Hall–Kier alpha value is -2.10. The van der Waals surface area contributed by atoms with E-state index >= 15 is 0 Å². The van der Waals surface area contributed by atoms with Gasteiger partial charge >= 0.3 is 0 Å². The number of aryl methyl sites for hydroxylation is 1. The first-order valence-electron chi connectivity index (χ1n) is 5.98. The van der Waals surface area contributed by atoms with Crippen molar-refractivity contribution < 1.29 is 9.53 Å². The number of imidazole rings is 1. The number of rotatable bonds is 4. The predicted molar refractivity (Wildman–Crippen MR) is 68.8 cm³/mol. The van der Waals surface area contributed by atoms with Crippen LogP contribution in [-0.2, 0) is 6.42 Å². The standard InChI is InChI=1S/C14H16N2O2/c1-3-12-5-4-6-13(9-12)18-11(2)14(17)16-8-7-15-10-16/h4-11H,3H2,1-2H3. The van der Waals surface area contributed by atoms with E-state index in [1.165, 1.54) is 16.5 Å². The van der Waals surface area contributed by atoms with Gasteiger partial charge < -0.3 is 4.74 Å². The highest BCUT2D eigenvalue weighted by Gasteiger charge is 2.16. The molecule has 0 aliphatic carbocycles. The Balaban J connectivity index is 2.06. The van der Waals surface area contributed by atoms with E-state index < -0.39 is 6.10 Å².